The van der Waals surface area contributed by atoms with Gasteiger partial charge in [0, 0.05) is 10.6 Å². The summed E-state index contributed by atoms with van der Waals surface area (Å²) in [6.07, 6.45) is 1.50. The van der Waals surface area contributed by atoms with E-state index in [0.717, 1.165) is 17.7 Å². The Hall–Kier alpha value is -0.910. The van der Waals surface area contributed by atoms with Gasteiger partial charge in [-0.15, -0.1) is 0 Å². The Kier molecular flexibility index (Phi) is 4.04. The van der Waals surface area contributed by atoms with Crippen LogP contribution in [0.3, 0.4) is 0 Å². The molecule has 0 aliphatic heterocycles. The van der Waals surface area contributed by atoms with Crippen molar-refractivity contribution in [2.24, 2.45) is 0 Å². The molecule has 2 aromatic rings. The van der Waals surface area contributed by atoms with E-state index in [4.69, 9.17) is 16.0 Å². The zero-order valence-corrected chi connectivity index (χ0v) is 11.6. The molecule has 1 atom stereocenters. The molecular weight excluding hydrogens is 327 g/mol. The summed E-state index contributed by atoms with van der Waals surface area (Å²) in [7, 11) is 1.70. The molecule has 1 aromatic heterocycles. The maximum absolute atomic E-state index is 13.3. The second-order valence-electron chi connectivity index (χ2n) is 3.66. The van der Waals surface area contributed by atoms with E-state index in [-0.39, 0.29) is 11.1 Å². The minimum atomic E-state index is -0.968. The van der Waals surface area contributed by atoms with E-state index >= 15 is 0 Å². The first-order chi connectivity index (χ1) is 8.54. The molecule has 0 radical (unpaired) electrons. The molecule has 0 aliphatic carbocycles. The van der Waals surface area contributed by atoms with E-state index in [1.165, 1.54) is 6.26 Å². The van der Waals surface area contributed by atoms with Crippen LogP contribution >= 0.6 is 27.5 Å². The first-order valence-corrected chi connectivity index (χ1v) is 6.26. The van der Waals surface area contributed by atoms with Gasteiger partial charge in [0.25, 0.3) is 0 Å². The van der Waals surface area contributed by atoms with Gasteiger partial charge in [-0.2, -0.15) is 0 Å². The topological polar surface area (TPSA) is 25.2 Å². The number of benzene rings is 1. The van der Waals surface area contributed by atoms with E-state index in [0.29, 0.717) is 10.2 Å². The third-order valence-corrected chi connectivity index (χ3v) is 3.57. The number of halogens is 4. The zero-order valence-electron chi connectivity index (χ0n) is 9.31. The Balaban J connectivity index is 2.52. The maximum Gasteiger partial charge on any atom is 0.174 e. The molecule has 96 valence electrons. The smallest absolute Gasteiger partial charge is 0.174 e. The van der Waals surface area contributed by atoms with Crippen molar-refractivity contribution in [1.82, 2.24) is 5.32 Å². The summed E-state index contributed by atoms with van der Waals surface area (Å²) >= 11 is 9.20. The van der Waals surface area contributed by atoms with Crippen LogP contribution < -0.4 is 5.32 Å². The SMILES string of the molecule is CNC(c1cc(F)c(F)cc1Cl)c1ccoc1Br. The summed E-state index contributed by atoms with van der Waals surface area (Å²) in [4.78, 5) is 0. The average molecular weight is 337 g/mol. The highest BCUT2D eigenvalue weighted by Gasteiger charge is 2.21. The number of furan rings is 1. The van der Waals surface area contributed by atoms with E-state index in [9.17, 15) is 8.78 Å². The van der Waals surface area contributed by atoms with Crippen molar-refractivity contribution >= 4 is 27.5 Å². The summed E-state index contributed by atoms with van der Waals surface area (Å²) < 4.78 is 32.0. The van der Waals surface area contributed by atoms with Crippen molar-refractivity contribution in [1.29, 1.82) is 0 Å². The van der Waals surface area contributed by atoms with E-state index in [1.54, 1.807) is 13.1 Å². The highest BCUT2D eigenvalue weighted by molar-refractivity contribution is 9.10. The van der Waals surface area contributed by atoms with Gasteiger partial charge in [0.05, 0.1) is 12.3 Å². The van der Waals surface area contributed by atoms with Gasteiger partial charge < -0.3 is 9.73 Å². The van der Waals surface area contributed by atoms with Crippen LogP contribution in [0.25, 0.3) is 0 Å². The molecule has 1 aromatic carbocycles. The Morgan fingerprint density at radius 3 is 2.50 bits per heavy atom. The Morgan fingerprint density at radius 1 is 1.28 bits per heavy atom. The Morgan fingerprint density at radius 2 is 1.94 bits per heavy atom. The first kappa shape index (κ1) is 13.5. The highest BCUT2D eigenvalue weighted by atomic mass is 79.9. The Bertz CT molecular complexity index is 573. The van der Waals surface area contributed by atoms with Gasteiger partial charge in [0.15, 0.2) is 16.3 Å². The minimum absolute atomic E-state index is 0.154. The molecule has 0 saturated carbocycles. The van der Waals surface area contributed by atoms with Crippen LogP contribution in [0.5, 0.6) is 0 Å². The average Bonchev–Trinajstić information content (AvgIpc) is 2.73. The second kappa shape index (κ2) is 5.38. The third-order valence-electron chi connectivity index (χ3n) is 2.60. The third kappa shape index (κ3) is 2.43. The minimum Gasteiger partial charge on any atom is -0.457 e. The van der Waals surface area contributed by atoms with Crippen LogP contribution in [-0.4, -0.2) is 7.05 Å². The van der Waals surface area contributed by atoms with Gasteiger partial charge in [-0.1, -0.05) is 11.6 Å². The van der Waals surface area contributed by atoms with Gasteiger partial charge >= 0.3 is 0 Å². The van der Waals surface area contributed by atoms with Crippen LogP contribution in [0.1, 0.15) is 17.2 Å². The van der Waals surface area contributed by atoms with E-state index < -0.39 is 11.6 Å². The lowest BCUT2D eigenvalue weighted by molar-refractivity contribution is 0.503. The second-order valence-corrected chi connectivity index (χ2v) is 4.79. The molecule has 1 unspecified atom stereocenters. The predicted octanol–water partition coefficient (Wildman–Crippen LogP) is 4.28. The van der Waals surface area contributed by atoms with Crippen molar-refractivity contribution in [2.45, 2.75) is 6.04 Å². The van der Waals surface area contributed by atoms with Crippen LogP contribution in [0.4, 0.5) is 8.78 Å². The molecule has 2 nitrogen and oxygen atoms in total. The molecule has 1 heterocycles. The molecule has 18 heavy (non-hydrogen) atoms. The largest absolute Gasteiger partial charge is 0.457 e. The van der Waals surface area contributed by atoms with Crippen molar-refractivity contribution < 1.29 is 13.2 Å². The lowest BCUT2D eigenvalue weighted by Crippen LogP contribution is -2.18. The van der Waals surface area contributed by atoms with Gasteiger partial charge in [0.2, 0.25) is 0 Å². The van der Waals surface area contributed by atoms with Crippen molar-refractivity contribution in [3.8, 4) is 0 Å². The highest BCUT2D eigenvalue weighted by Crippen LogP contribution is 2.33. The summed E-state index contributed by atoms with van der Waals surface area (Å²) in [6, 6.07) is 3.38. The molecule has 0 amide bonds. The number of rotatable bonds is 3. The quantitative estimate of drug-likeness (QED) is 0.846. The summed E-state index contributed by atoms with van der Waals surface area (Å²) in [6.45, 7) is 0. The molecule has 0 aliphatic rings. The van der Waals surface area contributed by atoms with Crippen LogP contribution in [0.15, 0.2) is 33.5 Å². The van der Waals surface area contributed by atoms with Gasteiger partial charge in [-0.05, 0) is 46.7 Å². The van der Waals surface area contributed by atoms with Crippen LogP contribution in [-0.2, 0) is 0 Å². The first-order valence-electron chi connectivity index (χ1n) is 5.09. The fourth-order valence-electron chi connectivity index (χ4n) is 1.75. The molecule has 6 heteroatoms. The van der Waals surface area contributed by atoms with Gasteiger partial charge in [-0.25, -0.2) is 8.78 Å². The molecule has 0 saturated heterocycles. The molecule has 2 rings (SSSR count). The lowest BCUT2D eigenvalue weighted by Gasteiger charge is -2.17. The summed E-state index contributed by atoms with van der Waals surface area (Å²) in [5.74, 6) is -1.90. The van der Waals surface area contributed by atoms with Gasteiger partial charge in [0.1, 0.15) is 0 Å². The molecule has 0 spiro atoms. The molecule has 0 bridgehead atoms. The normalized spacial score (nSPS) is 12.7. The summed E-state index contributed by atoms with van der Waals surface area (Å²) in [5.41, 5.74) is 1.20. The predicted molar refractivity (Wildman–Crippen MR) is 68.7 cm³/mol. The number of nitrogens with one attached hydrogen (secondary N) is 1. The summed E-state index contributed by atoms with van der Waals surface area (Å²) in [5, 5.41) is 3.14. The van der Waals surface area contributed by atoms with Crippen LogP contribution in [0, 0.1) is 11.6 Å². The molecule has 0 fully saturated rings. The van der Waals surface area contributed by atoms with Crippen LogP contribution in [0.2, 0.25) is 5.02 Å². The fourth-order valence-corrected chi connectivity index (χ4v) is 2.48. The standard InChI is InChI=1S/C12H9BrClF2NO/c1-17-11(6-2-3-18-12(6)13)7-4-9(15)10(16)5-8(7)14/h2-5,11,17H,1H3. The van der Waals surface area contributed by atoms with E-state index in [1.807, 2.05) is 0 Å². The Labute approximate surface area is 116 Å². The zero-order chi connectivity index (χ0) is 13.3. The van der Waals surface area contributed by atoms with Gasteiger partial charge in [-0.3, -0.25) is 0 Å². The van der Waals surface area contributed by atoms with Crippen molar-refractivity contribution in [3.05, 3.63) is 56.9 Å². The number of hydrogen-bond acceptors (Lipinski definition) is 2. The molecular formula is C12H9BrClF2NO. The maximum atomic E-state index is 13.3. The van der Waals surface area contributed by atoms with E-state index in [2.05, 4.69) is 21.2 Å². The number of hydrogen-bond donors (Lipinski definition) is 1. The van der Waals surface area contributed by atoms with Crippen molar-refractivity contribution in [2.75, 3.05) is 7.05 Å². The lowest BCUT2D eigenvalue weighted by atomic mass is 10.0. The monoisotopic (exact) mass is 335 g/mol. The fraction of sp³-hybridized carbons (Fsp3) is 0.167. The molecule has 1 N–H and O–H groups in total. The van der Waals surface area contributed by atoms with Crippen molar-refractivity contribution in [3.63, 3.8) is 0 Å².